The molecule has 0 unspecified atom stereocenters. The zero-order chi connectivity index (χ0) is 44.7. The summed E-state index contributed by atoms with van der Waals surface area (Å²) in [5, 5.41) is 9.76. The predicted octanol–water partition coefficient (Wildman–Crippen LogP) is 18.4. The minimum Gasteiger partial charge on any atom is -0.455 e. The van der Waals surface area contributed by atoms with E-state index in [4.69, 9.17) is 4.42 Å². The first kappa shape index (κ1) is 38.8. The molecule has 4 heteroatoms. The first-order valence-corrected chi connectivity index (χ1v) is 24.3. The molecule has 0 saturated carbocycles. The number of rotatable bonds is 7. The molecule has 3 heterocycles. The van der Waals surface area contributed by atoms with Crippen molar-refractivity contribution in [3.05, 3.63) is 242 Å². The molecule has 0 bridgehead atoms. The van der Waals surface area contributed by atoms with Gasteiger partial charge in [-0.05, 0) is 119 Å². The van der Waals surface area contributed by atoms with Gasteiger partial charge in [-0.25, -0.2) is 0 Å². The molecule has 0 spiro atoms. The molecule has 0 atom stereocenters. The van der Waals surface area contributed by atoms with Crippen LogP contribution in [0.2, 0.25) is 0 Å². The van der Waals surface area contributed by atoms with Crippen molar-refractivity contribution in [2.75, 3.05) is 4.90 Å². The zero-order valence-corrected chi connectivity index (χ0v) is 37.9. The Morgan fingerprint density at radius 2 is 1.12 bits per heavy atom. The van der Waals surface area contributed by atoms with E-state index in [1.807, 2.05) is 11.3 Å². The van der Waals surface area contributed by atoms with Gasteiger partial charge in [0.15, 0.2) is 0 Å². The number of furan rings is 1. The Morgan fingerprint density at radius 3 is 1.91 bits per heavy atom. The van der Waals surface area contributed by atoms with Crippen LogP contribution in [0.3, 0.4) is 0 Å². The number of thiophene rings is 1. The van der Waals surface area contributed by atoms with E-state index in [2.05, 4.69) is 240 Å². The quantitative estimate of drug-likeness (QED) is 0.159. The van der Waals surface area contributed by atoms with Crippen LogP contribution in [0.25, 0.3) is 108 Å². The van der Waals surface area contributed by atoms with Gasteiger partial charge in [0.05, 0.1) is 11.0 Å². The van der Waals surface area contributed by atoms with E-state index in [1.165, 1.54) is 86.5 Å². The van der Waals surface area contributed by atoms with Gasteiger partial charge in [-0.3, -0.25) is 0 Å². The summed E-state index contributed by atoms with van der Waals surface area (Å²) in [7, 11) is 0. The van der Waals surface area contributed by atoms with Crippen LogP contribution in [0.1, 0.15) is 18.4 Å². The van der Waals surface area contributed by atoms with E-state index in [0.717, 1.165) is 57.2 Å². The third-order valence-corrected chi connectivity index (χ3v) is 15.3. The molecular formula is C64H42N2OS. The third kappa shape index (κ3) is 6.18. The molecule has 0 N–H and O–H groups in total. The molecule has 10 aromatic carbocycles. The predicted molar refractivity (Wildman–Crippen MR) is 290 cm³/mol. The lowest BCUT2D eigenvalue weighted by Crippen LogP contribution is -2.19. The average molecular weight is 887 g/mol. The van der Waals surface area contributed by atoms with Crippen molar-refractivity contribution in [3.63, 3.8) is 0 Å². The summed E-state index contributed by atoms with van der Waals surface area (Å²) < 4.78 is 11.6. The Morgan fingerprint density at radius 1 is 0.456 bits per heavy atom. The first-order valence-electron chi connectivity index (χ1n) is 23.5. The van der Waals surface area contributed by atoms with Gasteiger partial charge in [0.1, 0.15) is 11.2 Å². The highest BCUT2D eigenvalue weighted by atomic mass is 32.1. The third-order valence-electron chi connectivity index (χ3n) is 14.1. The van der Waals surface area contributed by atoms with Crippen molar-refractivity contribution in [1.29, 1.82) is 0 Å². The van der Waals surface area contributed by atoms with Crippen LogP contribution in [-0.4, -0.2) is 4.57 Å². The van der Waals surface area contributed by atoms with Crippen LogP contribution in [0, 0.1) is 0 Å². The lowest BCUT2D eigenvalue weighted by Gasteiger charge is -2.32. The summed E-state index contributed by atoms with van der Waals surface area (Å²) in [6, 6.07) is 79.9. The largest absolute Gasteiger partial charge is 0.455 e. The Bertz CT molecular complexity index is 4150. The molecule has 1 aliphatic carbocycles. The normalized spacial score (nSPS) is 13.1. The number of allylic oxidation sites excluding steroid dienone is 4. The Balaban J connectivity index is 0.899. The maximum atomic E-state index is 6.58. The van der Waals surface area contributed by atoms with Crippen molar-refractivity contribution in [1.82, 2.24) is 4.57 Å². The molecule has 320 valence electrons. The molecular weight excluding hydrogens is 845 g/mol. The first-order chi connectivity index (χ1) is 33.7. The molecule has 1 aliphatic rings. The van der Waals surface area contributed by atoms with E-state index in [-0.39, 0.29) is 0 Å². The lowest BCUT2D eigenvalue weighted by atomic mass is 9.93. The summed E-state index contributed by atoms with van der Waals surface area (Å²) in [5.74, 6) is 0. The van der Waals surface area contributed by atoms with Crippen molar-refractivity contribution < 1.29 is 4.42 Å². The minimum atomic E-state index is 0.895. The van der Waals surface area contributed by atoms with Crippen LogP contribution < -0.4 is 4.90 Å². The number of nitrogens with zero attached hydrogens (tertiary/aromatic N) is 2. The van der Waals surface area contributed by atoms with Gasteiger partial charge in [0.25, 0.3) is 0 Å². The monoisotopic (exact) mass is 886 g/mol. The second-order valence-corrected chi connectivity index (χ2v) is 19.0. The second kappa shape index (κ2) is 15.6. The Labute approximate surface area is 397 Å². The smallest absolute Gasteiger partial charge is 0.143 e. The van der Waals surface area contributed by atoms with Gasteiger partial charge in [-0.1, -0.05) is 158 Å². The minimum absolute atomic E-state index is 0.895. The molecule has 3 nitrogen and oxygen atoms in total. The van der Waals surface area contributed by atoms with Crippen molar-refractivity contribution in [2.45, 2.75) is 12.8 Å². The lowest BCUT2D eigenvalue weighted by molar-refractivity contribution is 0.672. The number of para-hydroxylation sites is 2. The number of anilines is 2. The fourth-order valence-electron chi connectivity index (χ4n) is 10.9. The highest BCUT2D eigenvalue weighted by molar-refractivity contribution is 7.26. The molecule has 0 fully saturated rings. The van der Waals surface area contributed by atoms with Crippen LogP contribution >= 0.6 is 11.3 Å². The Kier molecular flexibility index (Phi) is 8.89. The fraction of sp³-hybridized carbons (Fsp3) is 0.0312. The van der Waals surface area contributed by atoms with E-state index in [1.54, 1.807) is 0 Å². The maximum Gasteiger partial charge on any atom is 0.143 e. The van der Waals surface area contributed by atoms with Crippen molar-refractivity contribution in [2.24, 2.45) is 0 Å². The summed E-state index contributed by atoms with van der Waals surface area (Å²) in [4.78, 5) is 2.49. The maximum absolute atomic E-state index is 6.58. The van der Waals surface area contributed by atoms with E-state index in [0.29, 0.717) is 0 Å². The number of hydrogen-bond donors (Lipinski definition) is 0. The van der Waals surface area contributed by atoms with E-state index >= 15 is 0 Å². The number of aromatic nitrogens is 1. The van der Waals surface area contributed by atoms with Gasteiger partial charge in [-0.2, -0.15) is 0 Å². The van der Waals surface area contributed by atoms with Crippen molar-refractivity contribution in [3.8, 4) is 27.9 Å². The van der Waals surface area contributed by atoms with Gasteiger partial charge >= 0.3 is 0 Å². The van der Waals surface area contributed by atoms with Crippen molar-refractivity contribution >= 4 is 103 Å². The second-order valence-electron chi connectivity index (χ2n) is 17.9. The van der Waals surface area contributed by atoms with Gasteiger partial charge in [0, 0.05) is 75.4 Å². The summed E-state index contributed by atoms with van der Waals surface area (Å²) >= 11 is 1.88. The standard InChI is InChI=1S/C64H42N2OS/c1-2-17-50-42(13-1)31-37-55-57-40-45(32-38-61(57)67-63(50)55)49-16-3-7-23-58(49)65(47-35-29-43(30-36-47)51-21-12-22-56-54-20-6-10-26-62(54)68-64(51)56)46-33-27-41(28-34-46)44-14-11-15-48(39-44)66-59-24-8-4-18-52(59)53-19-5-9-25-60(53)66/h1-6,8-22,24-40H,7,23H2. The fourth-order valence-corrected chi connectivity index (χ4v) is 12.1. The van der Waals surface area contributed by atoms with Gasteiger partial charge in [0.2, 0.25) is 0 Å². The number of fused-ring (bicyclic) bond motifs is 11. The summed E-state index contributed by atoms with van der Waals surface area (Å²) in [6.07, 6.45) is 6.50. The molecule has 0 saturated heterocycles. The highest BCUT2D eigenvalue weighted by Gasteiger charge is 2.23. The SMILES string of the molecule is C1=CC(c2ccc3oc4c5ccccc5ccc4c3c2)=C(N(c2ccc(-c3cccc(-n4c5ccccc5c5ccccc54)c3)cc2)c2ccc(-c3cccc4c3sc3ccccc34)cc2)CC1. The molecule has 13 aromatic rings. The summed E-state index contributed by atoms with van der Waals surface area (Å²) in [5.41, 5.74) is 16.2. The number of benzene rings is 10. The van der Waals surface area contributed by atoms with E-state index < -0.39 is 0 Å². The highest BCUT2D eigenvalue weighted by Crippen LogP contribution is 2.44. The van der Waals surface area contributed by atoms with Gasteiger partial charge in [-0.15, -0.1) is 11.3 Å². The number of hydrogen-bond acceptors (Lipinski definition) is 3. The molecule has 0 aliphatic heterocycles. The van der Waals surface area contributed by atoms with Gasteiger partial charge < -0.3 is 13.9 Å². The average Bonchev–Trinajstić information content (AvgIpc) is 4.09. The Hall–Kier alpha value is -8.44. The van der Waals surface area contributed by atoms with Crippen LogP contribution in [0.5, 0.6) is 0 Å². The molecule has 0 amide bonds. The van der Waals surface area contributed by atoms with E-state index in [9.17, 15) is 0 Å². The molecule has 14 rings (SSSR count). The zero-order valence-electron chi connectivity index (χ0n) is 37.1. The molecule has 0 radical (unpaired) electrons. The summed E-state index contributed by atoms with van der Waals surface area (Å²) in [6.45, 7) is 0. The van der Waals surface area contributed by atoms with Crippen LogP contribution in [0.15, 0.2) is 241 Å². The van der Waals surface area contributed by atoms with Crippen LogP contribution in [0.4, 0.5) is 11.4 Å². The molecule has 68 heavy (non-hydrogen) atoms. The van der Waals surface area contributed by atoms with Crippen LogP contribution in [-0.2, 0) is 0 Å². The topological polar surface area (TPSA) is 21.3 Å². The molecule has 3 aromatic heterocycles.